The highest BCUT2D eigenvalue weighted by molar-refractivity contribution is 5.99. The molecule has 4 aromatic heterocycles. The van der Waals surface area contributed by atoms with E-state index in [-0.39, 0.29) is 78.0 Å². The van der Waals surface area contributed by atoms with Crippen molar-refractivity contribution in [3.8, 4) is 11.5 Å². The zero-order valence-corrected chi connectivity index (χ0v) is 34.5. The van der Waals surface area contributed by atoms with Gasteiger partial charge in [0.2, 0.25) is 17.1 Å². The maximum absolute atomic E-state index is 13.8. The van der Waals surface area contributed by atoms with Crippen molar-refractivity contribution in [2.24, 2.45) is 29.8 Å². The van der Waals surface area contributed by atoms with Crippen molar-refractivity contribution < 1.29 is 44.0 Å². The average Bonchev–Trinajstić information content (AvgIpc) is 3.95. The van der Waals surface area contributed by atoms with Crippen LogP contribution >= 0.6 is 0 Å². The van der Waals surface area contributed by atoms with Crippen LogP contribution in [0.4, 0.5) is 0 Å². The lowest BCUT2D eigenvalue weighted by atomic mass is 10.1. The van der Waals surface area contributed by atoms with E-state index < -0.39 is 29.9 Å². The summed E-state index contributed by atoms with van der Waals surface area (Å²) >= 11 is 0. The lowest BCUT2D eigenvalue weighted by molar-refractivity contribution is -0.000241. The van der Waals surface area contributed by atoms with Gasteiger partial charge in [-0.1, -0.05) is 0 Å². The molecule has 318 valence electrons. The molecule has 0 saturated heterocycles. The SMILES string of the molecule is CCn1nc(C)cc1C(=O)N=c1n(C)c2cc(C=O)cc(OC)c2n1C[C@H](O)[C@@H](O)Cn1c(=NC(=O)c2cc(C)nn2CC)n(C)c2cc(C(N)=O)cc(OCCCO)c21. The summed E-state index contributed by atoms with van der Waals surface area (Å²) in [6.45, 7) is 7.14. The van der Waals surface area contributed by atoms with Crippen LogP contribution in [-0.4, -0.2) is 110 Å². The molecule has 3 amide bonds. The van der Waals surface area contributed by atoms with Crippen LogP contribution in [0.25, 0.3) is 22.1 Å². The number of carbonyl (C=O) groups excluding carboxylic acids is 4. The predicted molar refractivity (Wildman–Crippen MR) is 217 cm³/mol. The van der Waals surface area contributed by atoms with Crippen molar-refractivity contribution in [3.63, 3.8) is 0 Å². The lowest BCUT2D eigenvalue weighted by Crippen LogP contribution is -2.40. The molecule has 4 heterocycles. The summed E-state index contributed by atoms with van der Waals surface area (Å²) in [5.74, 6) is -1.62. The van der Waals surface area contributed by atoms with Crippen LogP contribution in [0, 0.1) is 13.8 Å². The maximum Gasteiger partial charge on any atom is 0.298 e. The van der Waals surface area contributed by atoms with Gasteiger partial charge in [0.1, 0.15) is 40.2 Å². The van der Waals surface area contributed by atoms with Crippen molar-refractivity contribution in [1.82, 2.24) is 37.8 Å². The molecule has 0 aliphatic rings. The number of aliphatic hydroxyl groups is 3. The predicted octanol–water partition coefficient (Wildman–Crippen LogP) is 0.908. The second kappa shape index (κ2) is 17.7. The molecule has 0 radical (unpaired) electrons. The van der Waals surface area contributed by atoms with Gasteiger partial charge in [-0.15, -0.1) is 0 Å². The number of fused-ring (bicyclic) bond motifs is 2. The van der Waals surface area contributed by atoms with Gasteiger partial charge in [-0.05, 0) is 64.1 Å². The number of benzene rings is 2. The number of carbonyl (C=O) groups is 4. The molecule has 0 bridgehead atoms. The van der Waals surface area contributed by atoms with Crippen LogP contribution in [0.2, 0.25) is 0 Å². The Kier molecular flexibility index (Phi) is 12.7. The third-order valence-electron chi connectivity index (χ3n) is 10.1. The number of amides is 3. The minimum atomic E-state index is -1.59. The summed E-state index contributed by atoms with van der Waals surface area (Å²) in [5, 5.41) is 42.1. The highest BCUT2D eigenvalue weighted by Gasteiger charge is 2.27. The summed E-state index contributed by atoms with van der Waals surface area (Å²) in [7, 11) is 4.67. The minimum absolute atomic E-state index is 0.0291. The topological polar surface area (TPSA) is 254 Å². The Balaban J connectivity index is 1.52. The largest absolute Gasteiger partial charge is 0.494 e. The number of imidazole rings is 2. The van der Waals surface area contributed by atoms with E-state index in [0.29, 0.717) is 52.8 Å². The summed E-state index contributed by atoms with van der Waals surface area (Å²) < 4.78 is 20.9. The van der Waals surface area contributed by atoms with Crippen molar-refractivity contribution in [3.05, 3.63) is 81.5 Å². The highest BCUT2D eigenvalue weighted by Crippen LogP contribution is 2.30. The van der Waals surface area contributed by atoms with Crippen molar-refractivity contribution >= 4 is 46.1 Å². The molecule has 5 N–H and O–H groups in total. The smallest absolute Gasteiger partial charge is 0.298 e. The molecule has 20 nitrogen and oxygen atoms in total. The maximum atomic E-state index is 13.8. The Labute approximate surface area is 343 Å². The molecule has 20 heteroatoms. The van der Waals surface area contributed by atoms with Gasteiger partial charge < -0.3 is 48.8 Å². The van der Waals surface area contributed by atoms with E-state index >= 15 is 0 Å². The monoisotopic (exact) mass is 827 g/mol. The molecule has 6 rings (SSSR count). The summed E-state index contributed by atoms with van der Waals surface area (Å²) in [4.78, 5) is 61.0. The molecule has 0 fully saturated rings. The molecule has 2 aromatic carbocycles. The van der Waals surface area contributed by atoms with Crippen LogP contribution in [0.15, 0.2) is 46.4 Å². The van der Waals surface area contributed by atoms with Gasteiger partial charge in [0.15, 0.2) is 0 Å². The Hall–Kier alpha value is -6.64. The molecule has 6 aromatic rings. The number of hydrogen-bond acceptors (Lipinski definition) is 11. The van der Waals surface area contributed by atoms with E-state index in [9.17, 15) is 34.5 Å². The first kappa shape index (κ1) is 43.0. The third kappa shape index (κ3) is 8.16. The van der Waals surface area contributed by atoms with Gasteiger partial charge in [0.05, 0.1) is 61.4 Å². The van der Waals surface area contributed by atoms with Crippen LogP contribution < -0.4 is 26.4 Å². The number of rotatable bonds is 16. The molecule has 0 aliphatic heterocycles. The first-order chi connectivity index (χ1) is 28.6. The Morgan fingerprint density at radius 2 is 1.30 bits per heavy atom. The molecule has 0 unspecified atom stereocenters. The second-order valence-electron chi connectivity index (χ2n) is 14.2. The Morgan fingerprint density at radius 3 is 1.75 bits per heavy atom. The zero-order chi connectivity index (χ0) is 43.6. The minimum Gasteiger partial charge on any atom is -0.494 e. The highest BCUT2D eigenvalue weighted by atomic mass is 16.5. The number of nitrogens with zero attached hydrogens (tertiary/aromatic N) is 10. The summed E-state index contributed by atoms with van der Waals surface area (Å²) in [6.07, 6.45) is -2.27. The number of aromatic nitrogens is 8. The van der Waals surface area contributed by atoms with E-state index in [1.807, 2.05) is 13.8 Å². The number of nitrogens with two attached hydrogens (primary N) is 1. The normalized spacial score (nSPS) is 13.4. The van der Waals surface area contributed by atoms with Crippen LogP contribution in [0.3, 0.4) is 0 Å². The van der Waals surface area contributed by atoms with Crippen LogP contribution in [-0.2, 0) is 40.3 Å². The van der Waals surface area contributed by atoms with Gasteiger partial charge in [-0.25, -0.2) is 0 Å². The molecule has 60 heavy (non-hydrogen) atoms. The van der Waals surface area contributed by atoms with Crippen molar-refractivity contribution in [2.45, 2.75) is 72.5 Å². The fourth-order valence-corrected chi connectivity index (χ4v) is 7.21. The first-order valence-electron chi connectivity index (χ1n) is 19.3. The molecular weight excluding hydrogens is 779 g/mol. The number of primary amides is 1. The first-order valence-corrected chi connectivity index (χ1v) is 19.3. The molecule has 2 atom stereocenters. The van der Waals surface area contributed by atoms with E-state index in [2.05, 4.69) is 20.2 Å². The number of methoxy groups -OCH3 is 1. The quantitative estimate of drug-likeness (QED) is 0.0788. The number of ether oxygens (including phenoxy) is 2. The number of aldehydes is 1. The van der Waals surface area contributed by atoms with Crippen molar-refractivity contribution in [1.29, 1.82) is 0 Å². The third-order valence-corrected chi connectivity index (χ3v) is 10.1. The molecule has 0 spiro atoms. The fourth-order valence-electron chi connectivity index (χ4n) is 7.21. The summed E-state index contributed by atoms with van der Waals surface area (Å²) in [6, 6.07) is 9.25. The van der Waals surface area contributed by atoms with Crippen LogP contribution in [0.5, 0.6) is 11.5 Å². The summed E-state index contributed by atoms with van der Waals surface area (Å²) in [5.41, 5.74) is 9.36. The van der Waals surface area contributed by atoms with Gasteiger partial charge in [-0.3, -0.25) is 28.5 Å². The number of aryl methyl sites for hydroxylation is 6. The van der Waals surface area contributed by atoms with E-state index in [4.69, 9.17) is 15.2 Å². The van der Waals surface area contributed by atoms with Crippen LogP contribution in [0.1, 0.15) is 73.3 Å². The van der Waals surface area contributed by atoms with Crippen molar-refractivity contribution in [2.75, 3.05) is 20.3 Å². The number of aliphatic hydroxyl groups excluding tert-OH is 3. The molecular formula is C40H49N11O9. The second-order valence-corrected chi connectivity index (χ2v) is 14.2. The molecule has 0 saturated carbocycles. The zero-order valence-electron chi connectivity index (χ0n) is 34.5. The van der Waals surface area contributed by atoms with E-state index in [1.54, 1.807) is 50.7 Å². The van der Waals surface area contributed by atoms with Gasteiger partial charge in [-0.2, -0.15) is 20.2 Å². The number of hydrogen-bond donors (Lipinski definition) is 4. The fraction of sp³-hybridized carbons (Fsp3) is 0.400. The Morgan fingerprint density at radius 1 is 0.800 bits per heavy atom. The standard InChI is InChI=1S/C40H49N11O9/c1-8-50-28(13-22(3)44-50)37(57)42-39-46(5)26-15-24(21-53)16-32(59-7)34(26)48(39)19-30(54)31(55)20-49-35-27(17-25(36(41)56)18-33(35)60-12-10-11-52)47(6)40(49)43-38(58)29-14-23(4)45-51(29)9-2/h13-18,21,30-31,52,54-55H,8-12,19-20H2,1-7H3,(H2,41,56)/t30-,31-/m0/s1. The molecule has 0 aliphatic carbocycles. The lowest BCUT2D eigenvalue weighted by Gasteiger charge is -2.21. The van der Waals surface area contributed by atoms with E-state index in [0.717, 1.165) is 0 Å². The van der Waals surface area contributed by atoms with Gasteiger partial charge in [0.25, 0.3) is 11.8 Å². The van der Waals surface area contributed by atoms with E-state index in [1.165, 1.54) is 48.4 Å². The van der Waals surface area contributed by atoms with Gasteiger partial charge in [0, 0.05) is 51.3 Å². The average molecular weight is 828 g/mol. The Bertz CT molecular complexity index is 2780. The van der Waals surface area contributed by atoms with Gasteiger partial charge >= 0.3 is 0 Å².